The molecule has 2 aromatic rings. The Morgan fingerprint density at radius 3 is 3.12 bits per heavy atom. The fourth-order valence-corrected chi connectivity index (χ4v) is 3.11. The second-order valence-electron chi connectivity index (χ2n) is 5.89. The molecule has 4 rings (SSSR count). The van der Waals surface area contributed by atoms with Gasteiger partial charge in [0, 0.05) is 23.7 Å². The second-order valence-corrected chi connectivity index (χ2v) is 5.89. The number of anilines is 2. The molecule has 2 aliphatic rings. The van der Waals surface area contributed by atoms with Crippen molar-refractivity contribution in [2.24, 2.45) is 0 Å². The molecule has 0 saturated carbocycles. The van der Waals surface area contributed by atoms with Gasteiger partial charge in [-0.05, 0) is 31.0 Å². The number of hydrogen-bond donors (Lipinski definition) is 3. The van der Waals surface area contributed by atoms with Gasteiger partial charge in [-0.2, -0.15) is 0 Å². The summed E-state index contributed by atoms with van der Waals surface area (Å²) in [6, 6.07) is 6.70. The summed E-state index contributed by atoms with van der Waals surface area (Å²) in [5.74, 6) is 1.31. The number of nitrogens with one attached hydrogen (secondary N) is 3. The smallest absolute Gasteiger partial charge is 0.319 e. The molecule has 7 heteroatoms. The Kier molecular flexibility index (Phi) is 3.60. The van der Waals surface area contributed by atoms with Crippen LogP contribution < -0.4 is 20.7 Å². The van der Waals surface area contributed by atoms with Gasteiger partial charge in [-0.1, -0.05) is 0 Å². The molecule has 1 aliphatic heterocycles. The second kappa shape index (κ2) is 5.92. The Balaban J connectivity index is 1.43. The standard InChI is InChI=1S/C17H17N3O4/c21-16-9-24-15-8-10(4-5-13(15)19-16)18-17(22)20-12-2-1-3-14-11(12)6-7-23-14/h4-8,12H,1-3,9H2,(H,19,21)(H2,18,20,22). The number of rotatable bonds is 2. The highest BCUT2D eigenvalue weighted by molar-refractivity contribution is 5.96. The monoisotopic (exact) mass is 327 g/mol. The largest absolute Gasteiger partial charge is 0.482 e. The van der Waals surface area contributed by atoms with Crippen LogP contribution in [-0.4, -0.2) is 18.5 Å². The first-order valence-electron chi connectivity index (χ1n) is 7.89. The number of carbonyl (C=O) groups is 2. The number of aryl methyl sites for hydroxylation is 1. The maximum atomic E-state index is 12.3. The Morgan fingerprint density at radius 1 is 1.29 bits per heavy atom. The molecular formula is C17H17N3O4. The SMILES string of the molecule is O=C1COc2cc(NC(=O)NC3CCCc4occc43)ccc2N1. The maximum Gasteiger partial charge on any atom is 0.319 e. The fraction of sp³-hybridized carbons (Fsp3) is 0.294. The van der Waals surface area contributed by atoms with Gasteiger partial charge in [0.2, 0.25) is 0 Å². The maximum absolute atomic E-state index is 12.3. The minimum Gasteiger partial charge on any atom is -0.482 e. The van der Waals surface area contributed by atoms with Crippen LogP contribution in [0.2, 0.25) is 0 Å². The lowest BCUT2D eigenvalue weighted by Gasteiger charge is -2.23. The third kappa shape index (κ3) is 2.80. The Labute approximate surface area is 138 Å². The zero-order chi connectivity index (χ0) is 16.5. The van der Waals surface area contributed by atoms with Gasteiger partial charge in [-0.3, -0.25) is 4.79 Å². The van der Waals surface area contributed by atoms with E-state index >= 15 is 0 Å². The number of hydrogen-bond acceptors (Lipinski definition) is 4. The number of ether oxygens (including phenoxy) is 1. The fourth-order valence-electron chi connectivity index (χ4n) is 3.11. The Bertz CT molecular complexity index is 799. The van der Waals surface area contributed by atoms with E-state index in [1.807, 2.05) is 6.07 Å². The van der Waals surface area contributed by atoms with Gasteiger partial charge in [0.1, 0.15) is 11.5 Å². The first-order valence-corrected chi connectivity index (χ1v) is 7.89. The normalized spacial score (nSPS) is 18.7. The summed E-state index contributed by atoms with van der Waals surface area (Å²) in [6.45, 7) is -0.0199. The van der Waals surface area contributed by atoms with Gasteiger partial charge in [0.15, 0.2) is 6.61 Å². The minimum atomic E-state index is -0.283. The molecule has 3 N–H and O–H groups in total. The molecular weight excluding hydrogens is 310 g/mol. The molecule has 0 bridgehead atoms. The van der Waals surface area contributed by atoms with E-state index in [2.05, 4.69) is 16.0 Å². The van der Waals surface area contributed by atoms with Crippen LogP contribution in [0, 0.1) is 0 Å². The summed E-state index contributed by atoms with van der Waals surface area (Å²) in [5.41, 5.74) is 2.26. The molecule has 2 heterocycles. The van der Waals surface area contributed by atoms with Crippen LogP contribution >= 0.6 is 0 Å². The summed E-state index contributed by atoms with van der Waals surface area (Å²) in [6.07, 6.45) is 4.45. The molecule has 1 atom stereocenters. The molecule has 3 amide bonds. The van der Waals surface area contributed by atoms with E-state index in [1.54, 1.807) is 24.5 Å². The molecule has 0 fully saturated rings. The third-order valence-corrected chi connectivity index (χ3v) is 4.23. The molecule has 1 unspecified atom stereocenters. The van der Waals surface area contributed by atoms with Crippen LogP contribution in [-0.2, 0) is 11.2 Å². The van der Waals surface area contributed by atoms with Crippen molar-refractivity contribution in [3.63, 3.8) is 0 Å². The quantitative estimate of drug-likeness (QED) is 0.791. The van der Waals surface area contributed by atoms with Crippen molar-refractivity contribution >= 4 is 23.3 Å². The minimum absolute atomic E-state index is 0.0199. The Hall–Kier alpha value is -2.96. The summed E-state index contributed by atoms with van der Waals surface area (Å²) >= 11 is 0. The van der Waals surface area contributed by atoms with Crippen LogP contribution in [0.1, 0.15) is 30.2 Å². The summed E-state index contributed by atoms with van der Waals surface area (Å²) < 4.78 is 10.8. The van der Waals surface area contributed by atoms with Crippen molar-refractivity contribution in [2.75, 3.05) is 17.2 Å². The number of furan rings is 1. The van der Waals surface area contributed by atoms with Gasteiger partial charge in [0.25, 0.3) is 5.91 Å². The van der Waals surface area contributed by atoms with Crippen LogP contribution in [0.5, 0.6) is 5.75 Å². The van der Waals surface area contributed by atoms with E-state index in [0.29, 0.717) is 17.1 Å². The number of fused-ring (bicyclic) bond motifs is 2. The molecule has 1 aromatic carbocycles. The topological polar surface area (TPSA) is 92.6 Å². The van der Waals surface area contributed by atoms with E-state index in [-0.39, 0.29) is 24.6 Å². The van der Waals surface area contributed by atoms with Crippen molar-refractivity contribution in [2.45, 2.75) is 25.3 Å². The van der Waals surface area contributed by atoms with Gasteiger partial charge < -0.3 is 25.1 Å². The predicted molar refractivity (Wildman–Crippen MR) is 87.1 cm³/mol. The van der Waals surface area contributed by atoms with E-state index in [0.717, 1.165) is 30.6 Å². The lowest BCUT2D eigenvalue weighted by Crippen LogP contribution is -2.34. The molecule has 0 spiro atoms. The number of benzene rings is 1. The summed E-state index contributed by atoms with van der Waals surface area (Å²) in [4.78, 5) is 23.5. The van der Waals surface area contributed by atoms with Crippen molar-refractivity contribution in [1.29, 1.82) is 0 Å². The van der Waals surface area contributed by atoms with Crippen molar-refractivity contribution < 1.29 is 18.7 Å². The number of urea groups is 1. The first kappa shape index (κ1) is 14.6. The van der Waals surface area contributed by atoms with E-state index in [9.17, 15) is 9.59 Å². The van der Waals surface area contributed by atoms with Crippen LogP contribution in [0.15, 0.2) is 34.9 Å². The molecule has 7 nitrogen and oxygen atoms in total. The highest BCUT2D eigenvalue weighted by Crippen LogP contribution is 2.32. The van der Waals surface area contributed by atoms with Crippen molar-refractivity contribution in [1.82, 2.24) is 5.32 Å². The Morgan fingerprint density at radius 2 is 2.21 bits per heavy atom. The summed E-state index contributed by atoms with van der Waals surface area (Å²) in [5, 5.41) is 8.49. The lowest BCUT2D eigenvalue weighted by atomic mass is 9.93. The zero-order valence-electron chi connectivity index (χ0n) is 12.9. The number of carbonyl (C=O) groups excluding carboxylic acids is 2. The zero-order valence-corrected chi connectivity index (χ0v) is 12.9. The molecule has 24 heavy (non-hydrogen) atoms. The molecule has 0 saturated heterocycles. The van der Waals surface area contributed by atoms with Gasteiger partial charge >= 0.3 is 6.03 Å². The molecule has 1 aromatic heterocycles. The summed E-state index contributed by atoms with van der Waals surface area (Å²) in [7, 11) is 0. The van der Waals surface area contributed by atoms with Gasteiger partial charge in [-0.25, -0.2) is 4.79 Å². The van der Waals surface area contributed by atoms with E-state index in [1.165, 1.54) is 0 Å². The van der Waals surface area contributed by atoms with E-state index in [4.69, 9.17) is 9.15 Å². The highest BCUT2D eigenvalue weighted by atomic mass is 16.5. The molecule has 0 radical (unpaired) electrons. The van der Waals surface area contributed by atoms with Crippen molar-refractivity contribution in [3.05, 3.63) is 41.9 Å². The van der Waals surface area contributed by atoms with Crippen LogP contribution in [0.25, 0.3) is 0 Å². The predicted octanol–water partition coefficient (Wildman–Crippen LogP) is 2.81. The van der Waals surface area contributed by atoms with Crippen LogP contribution in [0.3, 0.4) is 0 Å². The van der Waals surface area contributed by atoms with Gasteiger partial charge in [0.05, 0.1) is 18.0 Å². The molecule has 1 aliphatic carbocycles. The average Bonchev–Trinajstić information content (AvgIpc) is 3.05. The van der Waals surface area contributed by atoms with Crippen molar-refractivity contribution in [3.8, 4) is 5.75 Å². The molecule has 124 valence electrons. The lowest BCUT2D eigenvalue weighted by molar-refractivity contribution is -0.118. The number of amides is 3. The van der Waals surface area contributed by atoms with E-state index < -0.39 is 0 Å². The average molecular weight is 327 g/mol. The first-order chi connectivity index (χ1) is 11.7. The third-order valence-electron chi connectivity index (χ3n) is 4.23. The highest BCUT2D eigenvalue weighted by Gasteiger charge is 2.24. The van der Waals surface area contributed by atoms with Gasteiger partial charge in [-0.15, -0.1) is 0 Å². The van der Waals surface area contributed by atoms with Crippen LogP contribution in [0.4, 0.5) is 16.2 Å².